The lowest BCUT2D eigenvalue weighted by molar-refractivity contribution is 0.0903. The lowest BCUT2D eigenvalue weighted by Crippen LogP contribution is -2.35. The van der Waals surface area contributed by atoms with Crippen molar-refractivity contribution in [3.63, 3.8) is 0 Å². The molecule has 0 spiro atoms. The first kappa shape index (κ1) is 12.0. The minimum absolute atomic E-state index is 0.0570. The molecule has 1 rings (SSSR count). The number of nitrogens with one attached hydrogen (secondary N) is 1. The normalized spacial score (nSPS) is 13.5. The zero-order valence-electron chi connectivity index (χ0n) is 9.10. The van der Waals surface area contributed by atoms with Crippen molar-refractivity contribution in [3.05, 3.63) is 17.5 Å². The lowest BCUT2D eigenvalue weighted by atomic mass is 10.2. The topological polar surface area (TPSA) is 114 Å². The maximum atomic E-state index is 11.6. The van der Waals surface area contributed by atoms with Crippen molar-refractivity contribution in [1.29, 1.82) is 0 Å². The summed E-state index contributed by atoms with van der Waals surface area (Å²) in [4.78, 5) is 11.6. The van der Waals surface area contributed by atoms with Gasteiger partial charge < -0.3 is 20.8 Å². The molecule has 0 bridgehead atoms. The molecule has 1 atom stereocenters. The molecule has 88 valence electrons. The number of carbonyl (C=O) groups is 1. The summed E-state index contributed by atoms with van der Waals surface area (Å²) >= 11 is 0. The third-order valence-corrected chi connectivity index (χ3v) is 1.87. The average Bonchev–Trinajstić information content (AvgIpc) is 2.64. The Labute approximate surface area is 92.3 Å². The van der Waals surface area contributed by atoms with Gasteiger partial charge in [-0.3, -0.25) is 4.79 Å². The van der Waals surface area contributed by atoms with E-state index in [2.05, 4.69) is 15.6 Å². The number of oxime groups is 1. The second kappa shape index (κ2) is 5.15. The van der Waals surface area contributed by atoms with E-state index in [9.17, 15) is 4.79 Å². The summed E-state index contributed by atoms with van der Waals surface area (Å²) in [5.74, 6) is -0.177. The number of hydrogen-bond donors (Lipinski definition) is 3. The van der Waals surface area contributed by atoms with Crippen LogP contribution in [0.25, 0.3) is 0 Å². The Bertz CT molecular complexity index is 399. The number of carbonyl (C=O) groups excluding carboxylic acids is 1. The van der Waals surface area contributed by atoms with Crippen LogP contribution in [0.2, 0.25) is 0 Å². The molecule has 0 saturated carbocycles. The summed E-state index contributed by atoms with van der Waals surface area (Å²) in [6.07, 6.45) is 0.259. The van der Waals surface area contributed by atoms with Crippen LogP contribution in [0.5, 0.6) is 0 Å². The molecule has 0 aliphatic carbocycles. The number of rotatable bonds is 4. The molecule has 1 amide bonds. The Morgan fingerprint density at radius 3 is 3.00 bits per heavy atom. The predicted molar refractivity (Wildman–Crippen MR) is 56.2 cm³/mol. The minimum atomic E-state index is -0.376. The van der Waals surface area contributed by atoms with E-state index in [1.54, 1.807) is 13.8 Å². The van der Waals surface area contributed by atoms with Gasteiger partial charge in [-0.15, -0.1) is 0 Å². The van der Waals surface area contributed by atoms with Crippen molar-refractivity contribution in [2.24, 2.45) is 10.9 Å². The van der Waals surface area contributed by atoms with Crippen LogP contribution in [-0.2, 0) is 0 Å². The van der Waals surface area contributed by atoms with E-state index in [0.717, 1.165) is 0 Å². The number of aromatic nitrogens is 1. The van der Waals surface area contributed by atoms with Gasteiger partial charge in [-0.2, -0.15) is 0 Å². The summed E-state index contributed by atoms with van der Waals surface area (Å²) in [5.41, 5.74) is 5.94. The molecule has 4 N–H and O–H groups in total. The van der Waals surface area contributed by atoms with Crippen molar-refractivity contribution in [2.75, 3.05) is 0 Å². The summed E-state index contributed by atoms with van der Waals surface area (Å²) in [6, 6.07) is 1.28. The van der Waals surface area contributed by atoms with Crippen molar-refractivity contribution in [3.8, 4) is 0 Å². The quantitative estimate of drug-likeness (QED) is 0.294. The molecule has 7 nitrogen and oxygen atoms in total. The van der Waals surface area contributed by atoms with E-state index in [4.69, 9.17) is 15.5 Å². The molecule has 0 fully saturated rings. The molecular formula is C9H14N4O3. The third-order valence-electron chi connectivity index (χ3n) is 1.87. The highest BCUT2D eigenvalue weighted by Gasteiger charge is 2.14. The largest absolute Gasteiger partial charge is 0.409 e. The Balaban J connectivity index is 2.52. The van der Waals surface area contributed by atoms with Gasteiger partial charge in [-0.1, -0.05) is 10.3 Å². The van der Waals surface area contributed by atoms with Gasteiger partial charge in [0, 0.05) is 18.5 Å². The number of amides is 1. The van der Waals surface area contributed by atoms with E-state index >= 15 is 0 Å². The minimum Gasteiger partial charge on any atom is -0.409 e. The molecule has 0 radical (unpaired) electrons. The standard InChI is InChI=1S/C9H14N4O3/c1-5(4-8(10)12-15)11-9(14)7-3-6(2)13-16-7/h3,5,15H,4H2,1-2H3,(H2,10,12)(H,11,14). The average molecular weight is 226 g/mol. The zero-order valence-corrected chi connectivity index (χ0v) is 9.10. The summed E-state index contributed by atoms with van der Waals surface area (Å²) < 4.78 is 4.79. The van der Waals surface area contributed by atoms with Gasteiger partial charge in [0.25, 0.3) is 5.91 Å². The first-order chi connectivity index (χ1) is 7.52. The highest BCUT2D eigenvalue weighted by Crippen LogP contribution is 2.02. The van der Waals surface area contributed by atoms with Gasteiger partial charge in [0.2, 0.25) is 5.76 Å². The van der Waals surface area contributed by atoms with E-state index in [1.807, 2.05) is 0 Å². The molecular weight excluding hydrogens is 212 g/mol. The Morgan fingerprint density at radius 1 is 1.81 bits per heavy atom. The van der Waals surface area contributed by atoms with Crippen LogP contribution in [0.4, 0.5) is 0 Å². The zero-order chi connectivity index (χ0) is 12.1. The van der Waals surface area contributed by atoms with Gasteiger partial charge in [-0.05, 0) is 13.8 Å². The van der Waals surface area contributed by atoms with Crippen LogP contribution in [0.15, 0.2) is 15.7 Å². The number of hydrogen-bond acceptors (Lipinski definition) is 5. The molecule has 0 aromatic carbocycles. The van der Waals surface area contributed by atoms with Crippen molar-refractivity contribution < 1.29 is 14.5 Å². The third kappa shape index (κ3) is 3.26. The fourth-order valence-corrected chi connectivity index (χ4v) is 1.17. The molecule has 0 aliphatic heterocycles. The van der Waals surface area contributed by atoms with Crippen LogP contribution < -0.4 is 11.1 Å². The molecule has 7 heteroatoms. The van der Waals surface area contributed by atoms with Crippen molar-refractivity contribution in [2.45, 2.75) is 26.3 Å². The Hall–Kier alpha value is -2.05. The van der Waals surface area contributed by atoms with Crippen LogP contribution in [-0.4, -0.2) is 28.1 Å². The van der Waals surface area contributed by atoms with Crippen molar-refractivity contribution >= 4 is 11.7 Å². The van der Waals surface area contributed by atoms with E-state index in [0.29, 0.717) is 5.69 Å². The van der Waals surface area contributed by atoms with Gasteiger partial charge >= 0.3 is 0 Å². The smallest absolute Gasteiger partial charge is 0.290 e. The highest BCUT2D eigenvalue weighted by atomic mass is 16.5. The van der Waals surface area contributed by atoms with Crippen LogP contribution >= 0.6 is 0 Å². The summed E-state index contributed by atoms with van der Waals surface area (Å²) in [7, 11) is 0. The van der Waals surface area contributed by atoms with Crippen molar-refractivity contribution in [1.82, 2.24) is 10.5 Å². The first-order valence-electron chi connectivity index (χ1n) is 4.73. The molecule has 1 heterocycles. The predicted octanol–water partition coefficient (Wildman–Crippen LogP) is 0.238. The fourth-order valence-electron chi connectivity index (χ4n) is 1.17. The first-order valence-corrected chi connectivity index (χ1v) is 4.73. The molecule has 1 aromatic rings. The second-order valence-corrected chi connectivity index (χ2v) is 3.50. The highest BCUT2D eigenvalue weighted by molar-refractivity contribution is 5.92. The lowest BCUT2D eigenvalue weighted by Gasteiger charge is -2.10. The van der Waals surface area contributed by atoms with Crippen LogP contribution in [0, 0.1) is 6.92 Å². The maximum absolute atomic E-state index is 11.6. The van der Waals surface area contributed by atoms with Crippen LogP contribution in [0.1, 0.15) is 29.6 Å². The molecule has 16 heavy (non-hydrogen) atoms. The Morgan fingerprint density at radius 2 is 2.50 bits per heavy atom. The molecule has 0 saturated heterocycles. The molecule has 0 aliphatic rings. The number of aryl methyl sites for hydroxylation is 1. The SMILES string of the molecule is Cc1cc(C(=O)NC(C)CC(N)=NO)on1. The van der Waals surface area contributed by atoms with E-state index in [1.165, 1.54) is 6.07 Å². The number of amidine groups is 1. The Kier molecular flexibility index (Phi) is 3.87. The monoisotopic (exact) mass is 226 g/mol. The maximum Gasteiger partial charge on any atom is 0.290 e. The van der Waals surface area contributed by atoms with E-state index in [-0.39, 0.29) is 30.0 Å². The fraction of sp³-hybridized carbons (Fsp3) is 0.444. The summed E-state index contributed by atoms with van der Waals surface area (Å²) in [6.45, 7) is 3.46. The molecule has 1 unspecified atom stereocenters. The molecule has 1 aromatic heterocycles. The number of nitrogens with zero attached hydrogens (tertiary/aromatic N) is 2. The summed E-state index contributed by atoms with van der Waals surface area (Å²) in [5, 5.41) is 17.4. The second-order valence-electron chi connectivity index (χ2n) is 3.50. The van der Waals surface area contributed by atoms with Gasteiger partial charge in [-0.25, -0.2) is 0 Å². The van der Waals surface area contributed by atoms with Gasteiger partial charge in [0.15, 0.2) is 0 Å². The van der Waals surface area contributed by atoms with E-state index < -0.39 is 0 Å². The van der Waals surface area contributed by atoms with Gasteiger partial charge in [0.05, 0.1) is 5.69 Å². The number of nitrogens with two attached hydrogens (primary N) is 1. The van der Waals surface area contributed by atoms with Crippen LogP contribution in [0.3, 0.4) is 0 Å². The van der Waals surface area contributed by atoms with Gasteiger partial charge in [0.1, 0.15) is 5.84 Å².